The van der Waals surface area contributed by atoms with Gasteiger partial charge >= 0.3 is 12.1 Å². The van der Waals surface area contributed by atoms with Gasteiger partial charge in [0.25, 0.3) is 0 Å². The Morgan fingerprint density at radius 3 is 2.12 bits per heavy atom. The Hall–Kier alpha value is -2.46. The van der Waals surface area contributed by atoms with Crippen LogP contribution in [-0.4, -0.2) is 70.1 Å². The van der Waals surface area contributed by atoms with Crippen LogP contribution in [0.4, 0.5) is 13.6 Å². The molecular formula is C22H35F2N3O6. The fraction of sp³-hybridized carbons (Fsp3) is 0.818. The molecule has 0 bridgehead atoms. The van der Waals surface area contributed by atoms with Crippen LogP contribution in [0.15, 0.2) is 0 Å². The lowest BCUT2D eigenvalue weighted by molar-refractivity contribution is -0.147. The van der Waals surface area contributed by atoms with Crippen LogP contribution >= 0.6 is 0 Å². The van der Waals surface area contributed by atoms with E-state index in [-0.39, 0.29) is 25.3 Å². The van der Waals surface area contributed by atoms with Gasteiger partial charge in [-0.2, -0.15) is 0 Å². The Bertz CT molecular complexity index is 807. The fourth-order valence-corrected chi connectivity index (χ4v) is 4.12. The topological polar surface area (TPSA) is 125 Å². The Morgan fingerprint density at radius 1 is 1.12 bits per heavy atom. The molecule has 1 unspecified atom stereocenters. The Balaban J connectivity index is 2.23. The predicted octanol–water partition coefficient (Wildman–Crippen LogP) is 2.39. The van der Waals surface area contributed by atoms with Crippen molar-refractivity contribution in [2.24, 2.45) is 17.3 Å². The summed E-state index contributed by atoms with van der Waals surface area (Å²) in [5.74, 6) is -4.40. The lowest BCUT2D eigenvalue weighted by Crippen LogP contribution is -2.59. The second kappa shape index (κ2) is 9.06. The number of aliphatic carboxylic acids is 1. The van der Waals surface area contributed by atoms with Crippen LogP contribution in [0.25, 0.3) is 0 Å². The number of carbonyl (C=O) groups excluding carboxylic acids is 3. The molecule has 0 radical (unpaired) electrons. The number of alkyl carbamates (subject to hydrolysis) is 1. The molecular weight excluding hydrogens is 440 g/mol. The minimum absolute atomic E-state index is 0.0854. The summed E-state index contributed by atoms with van der Waals surface area (Å²) in [6.07, 6.45) is -3.79. The molecule has 3 amide bonds. The fourth-order valence-electron chi connectivity index (χ4n) is 4.12. The summed E-state index contributed by atoms with van der Waals surface area (Å²) >= 11 is 0. The first kappa shape index (κ1) is 26.8. The number of nitrogens with one attached hydrogen (secondary N) is 2. The molecule has 5 atom stereocenters. The minimum Gasteiger partial charge on any atom is -0.479 e. The molecule has 0 aromatic heterocycles. The van der Waals surface area contributed by atoms with Gasteiger partial charge in [0.15, 0.2) is 0 Å². The summed E-state index contributed by atoms with van der Waals surface area (Å²) in [7, 11) is 0. The first-order valence-corrected chi connectivity index (χ1v) is 11.0. The molecule has 2 rings (SSSR count). The summed E-state index contributed by atoms with van der Waals surface area (Å²) in [6.45, 7) is 12.3. The standard InChI is InChI=1S/C22H35F2N3O6/c1-11-8-13(16(28)26-22(18(30)31)9-12(22)15(23)24)27(10-11)17(29)14(20(2,3)4)25-19(32)33-21(5,6)7/h11-15H,8-10H2,1-7H3,(H,25,32)(H,26,28)(H,30,31)/t11-,12?,13+,14-,22-/m1/s1. The second-order valence-corrected chi connectivity index (χ2v) is 11.2. The van der Waals surface area contributed by atoms with Gasteiger partial charge in [0.05, 0.1) is 5.92 Å². The van der Waals surface area contributed by atoms with E-state index in [0.717, 1.165) is 0 Å². The van der Waals surface area contributed by atoms with E-state index in [9.17, 15) is 33.1 Å². The zero-order valence-corrected chi connectivity index (χ0v) is 20.2. The molecule has 3 N–H and O–H groups in total. The molecule has 2 fully saturated rings. The number of halogens is 2. The lowest BCUT2D eigenvalue weighted by atomic mass is 9.85. The SMILES string of the molecule is C[C@@H]1C[C@@H](C(=O)N[C@]2(C(=O)O)CC2C(F)F)N(C(=O)[C@@H](NC(=O)OC(C)(C)C)C(C)(C)C)C1. The maximum Gasteiger partial charge on any atom is 0.408 e. The summed E-state index contributed by atoms with van der Waals surface area (Å²) in [4.78, 5) is 51.7. The maximum absolute atomic E-state index is 13.5. The van der Waals surface area contributed by atoms with E-state index in [1.807, 2.05) is 6.92 Å². The van der Waals surface area contributed by atoms with Gasteiger partial charge in [0, 0.05) is 6.54 Å². The van der Waals surface area contributed by atoms with Crippen molar-refractivity contribution in [3.63, 3.8) is 0 Å². The number of likely N-dealkylation sites (tertiary alicyclic amines) is 1. The van der Waals surface area contributed by atoms with Crippen LogP contribution in [0.2, 0.25) is 0 Å². The van der Waals surface area contributed by atoms with Crippen LogP contribution in [0, 0.1) is 17.3 Å². The van der Waals surface area contributed by atoms with E-state index < -0.39 is 64.9 Å². The number of carbonyl (C=O) groups is 4. The van der Waals surface area contributed by atoms with Crippen molar-refractivity contribution in [3.05, 3.63) is 0 Å². The minimum atomic E-state index is -2.88. The van der Waals surface area contributed by atoms with Gasteiger partial charge in [-0.15, -0.1) is 0 Å². The van der Waals surface area contributed by atoms with E-state index in [2.05, 4.69) is 10.6 Å². The third-order valence-electron chi connectivity index (χ3n) is 5.92. The molecule has 188 valence electrons. The molecule has 0 spiro atoms. The Morgan fingerprint density at radius 2 is 1.70 bits per heavy atom. The quantitative estimate of drug-likeness (QED) is 0.542. The zero-order chi connectivity index (χ0) is 25.5. The van der Waals surface area contributed by atoms with E-state index in [1.165, 1.54) is 4.90 Å². The highest BCUT2D eigenvalue weighted by molar-refractivity contribution is 5.96. The van der Waals surface area contributed by atoms with E-state index in [1.54, 1.807) is 41.5 Å². The van der Waals surface area contributed by atoms with Crippen molar-refractivity contribution in [3.8, 4) is 0 Å². The predicted molar refractivity (Wildman–Crippen MR) is 115 cm³/mol. The molecule has 0 aromatic carbocycles. The molecule has 9 nitrogen and oxygen atoms in total. The number of hydrogen-bond donors (Lipinski definition) is 3. The Kier molecular flexibility index (Phi) is 7.35. The molecule has 11 heteroatoms. The van der Waals surface area contributed by atoms with Crippen LogP contribution in [0.3, 0.4) is 0 Å². The van der Waals surface area contributed by atoms with E-state index in [4.69, 9.17) is 4.74 Å². The van der Waals surface area contributed by atoms with Gasteiger partial charge in [0.1, 0.15) is 23.2 Å². The largest absolute Gasteiger partial charge is 0.479 e. The number of ether oxygens (including phenoxy) is 1. The number of rotatable bonds is 6. The first-order valence-electron chi connectivity index (χ1n) is 11.0. The third-order valence-corrected chi connectivity index (χ3v) is 5.92. The van der Waals surface area contributed by atoms with Gasteiger partial charge in [-0.25, -0.2) is 18.4 Å². The Labute approximate surface area is 192 Å². The molecule has 1 saturated heterocycles. The van der Waals surface area contributed by atoms with Gasteiger partial charge in [-0.1, -0.05) is 27.7 Å². The first-order chi connectivity index (χ1) is 14.9. The van der Waals surface area contributed by atoms with Gasteiger partial charge in [0.2, 0.25) is 18.2 Å². The third kappa shape index (κ3) is 6.11. The summed E-state index contributed by atoms with van der Waals surface area (Å²) < 4.78 is 31.5. The molecule has 33 heavy (non-hydrogen) atoms. The van der Waals surface area contributed by atoms with Crippen LogP contribution < -0.4 is 10.6 Å². The van der Waals surface area contributed by atoms with Crippen molar-refractivity contribution in [2.75, 3.05) is 6.54 Å². The smallest absolute Gasteiger partial charge is 0.408 e. The van der Waals surface area contributed by atoms with Crippen LogP contribution in [-0.2, 0) is 19.1 Å². The average Bonchev–Trinajstić information content (AvgIpc) is 3.23. The highest BCUT2D eigenvalue weighted by atomic mass is 19.3. The van der Waals surface area contributed by atoms with Crippen molar-refractivity contribution in [2.45, 2.75) is 91.0 Å². The van der Waals surface area contributed by atoms with Crippen LogP contribution in [0.1, 0.15) is 61.3 Å². The molecule has 1 heterocycles. The van der Waals surface area contributed by atoms with Gasteiger partial charge < -0.3 is 25.4 Å². The van der Waals surface area contributed by atoms with Crippen molar-refractivity contribution >= 4 is 23.9 Å². The molecule has 1 saturated carbocycles. The van der Waals surface area contributed by atoms with Crippen LogP contribution in [0.5, 0.6) is 0 Å². The molecule has 0 aromatic rings. The number of alkyl halides is 2. The van der Waals surface area contributed by atoms with Gasteiger partial charge in [-0.05, 0) is 44.9 Å². The maximum atomic E-state index is 13.5. The van der Waals surface area contributed by atoms with E-state index >= 15 is 0 Å². The normalized spacial score (nSPS) is 28.3. The van der Waals surface area contributed by atoms with Crippen molar-refractivity contribution in [1.29, 1.82) is 0 Å². The lowest BCUT2D eigenvalue weighted by Gasteiger charge is -2.36. The second-order valence-electron chi connectivity index (χ2n) is 11.2. The monoisotopic (exact) mass is 475 g/mol. The number of nitrogens with zero attached hydrogens (tertiary/aromatic N) is 1. The number of carboxylic acids is 1. The average molecular weight is 476 g/mol. The number of hydrogen-bond acceptors (Lipinski definition) is 5. The summed E-state index contributed by atoms with van der Waals surface area (Å²) in [6, 6.07) is -2.07. The van der Waals surface area contributed by atoms with Gasteiger partial charge in [-0.3, -0.25) is 9.59 Å². The summed E-state index contributed by atoms with van der Waals surface area (Å²) in [5, 5.41) is 14.3. The van der Waals surface area contributed by atoms with Crippen molar-refractivity contribution < 1.29 is 37.8 Å². The molecule has 1 aliphatic heterocycles. The van der Waals surface area contributed by atoms with E-state index in [0.29, 0.717) is 0 Å². The number of carboxylic acid groups (broad SMARTS) is 1. The highest BCUT2D eigenvalue weighted by Crippen LogP contribution is 2.48. The molecule has 1 aliphatic carbocycles. The zero-order valence-electron chi connectivity index (χ0n) is 20.2. The summed E-state index contributed by atoms with van der Waals surface area (Å²) in [5.41, 5.74) is -3.54. The molecule has 2 aliphatic rings. The van der Waals surface area contributed by atoms with Crippen molar-refractivity contribution in [1.82, 2.24) is 15.5 Å². The highest BCUT2D eigenvalue weighted by Gasteiger charge is 2.66. The number of amides is 3.